The van der Waals surface area contributed by atoms with Crippen LogP contribution in [0.2, 0.25) is 0 Å². The highest BCUT2D eigenvalue weighted by molar-refractivity contribution is 7.09. The predicted molar refractivity (Wildman–Crippen MR) is 92.2 cm³/mol. The van der Waals surface area contributed by atoms with Crippen LogP contribution in [0.4, 0.5) is 0 Å². The molecule has 1 N–H and O–H groups in total. The van der Waals surface area contributed by atoms with Crippen molar-refractivity contribution < 1.29 is 0 Å². The molecule has 1 unspecified atom stereocenters. The van der Waals surface area contributed by atoms with E-state index in [1.165, 1.54) is 21.8 Å². The van der Waals surface area contributed by atoms with Crippen LogP contribution < -0.4 is 5.32 Å². The average molecular weight is 302 g/mol. The predicted octanol–water partition coefficient (Wildman–Crippen LogP) is 4.70. The fraction of sp³-hybridized carbons (Fsp3) is 0.500. The maximum atomic E-state index is 4.91. The summed E-state index contributed by atoms with van der Waals surface area (Å²) in [5, 5.41) is 6.97. The summed E-state index contributed by atoms with van der Waals surface area (Å²) >= 11 is 1.76. The average Bonchev–Trinajstić information content (AvgIpc) is 2.94. The van der Waals surface area contributed by atoms with Crippen molar-refractivity contribution in [2.45, 2.75) is 52.5 Å². The van der Waals surface area contributed by atoms with Crippen molar-refractivity contribution in [2.24, 2.45) is 0 Å². The molecule has 0 radical (unpaired) electrons. The molecule has 0 aliphatic rings. The van der Waals surface area contributed by atoms with Gasteiger partial charge in [-0.1, -0.05) is 58.9 Å². The lowest BCUT2D eigenvalue weighted by atomic mass is 9.93. The number of hydrogen-bond donors (Lipinski definition) is 1. The molecule has 21 heavy (non-hydrogen) atoms. The van der Waals surface area contributed by atoms with Crippen LogP contribution in [0.1, 0.15) is 62.5 Å². The molecular weight excluding hydrogens is 276 g/mol. The van der Waals surface area contributed by atoms with Crippen molar-refractivity contribution in [3.05, 3.63) is 51.5 Å². The molecule has 0 amide bonds. The van der Waals surface area contributed by atoms with E-state index in [4.69, 9.17) is 4.98 Å². The number of thiazole rings is 1. The fourth-order valence-corrected chi connectivity index (χ4v) is 3.57. The zero-order chi connectivity index (χ0) is 15.5. The van der Waals surface area contributed by atoms with E-state index in [-0.39, 0.29) is 11.5 Å². The Balaban J connectivity index is 2.41. The van der Waals surface area contributed by atoms with Gasteiger partial charge in [0.05, 0.1) is 11.7 Å². The summed E-state index contributed by atoms with van der Waals surface area (Å²) in [7, 11) is 0. The van der Waals surface area contributed by atoms with Gasteiger partial charge in [-0.05, 0) is 24.1 Å². The van der Waals surface area contributed by atoms with Gasteiger partial charge in [0.25, 0.3) is 0 Å². The van der Waals surface area contributed by atoms with E-state index in [0.717, 1.165) is 13.0 Å². The molecule has 0 aliphatic carbocycles. The van der Waals surface area contributed by atoms with Crippen LogP contribution >= 0.6 is 11.3 Å². The summed E-state index contributed by atoms with van der Waals surface area (Å²) in [4.78, 5) is 4.91. The Bertz CT molecular complexity index is 581. The van der Waals surface area contributed by atoms with E-state index >= 15 is 0 Å². The van der Waals surface area contributed by atoms with Crippen molar-refractivity contribution in [1.82, 2.24) is 10.3 Å². The lowest BCUT2D eigenvalue weighted by Crippen LogP contribution is -2.23. The summed E-state index contributed by atoms with van der Waals surface area (Å²) in [6, 6.07) is 8.89. The van der Waals surface area contributed by atoms with Crippen molar-refractivity contribution in [1.29, 1.82) is 0 Å². The Labute approximate surface area is 132 Å². The third-order valence-corrected chi connectivity index (χ3v) is 4.60. The topological polar surface area (TPSA) is 24.9 Å². The minimum atomic E-state index is 0.107. The van der Waals surface area contributed by atoms with Crippen LogP contribution in [0.15, 0.2) is 29.6 Å². The van der Waals surface area contributed by atoms with Crippen molar-refractivity contribution in [3.63, 3.8) is 0 Å². The Kier molecular flexibility index (Phi) is 5.17. The molecular formula is C18H26N2S. The maximum absolute atomic E-state index is 4.91. The van der Waals surface area contributed by atoms with E-state index in [1.54, 1.807) is 11.3 Å². The summed E-state index contributed by atoms with van der Waals surface area (Å²) in [5.74, 6) is 0. The van der Waals surface area contributed by atoms with Gasteiger partial charge >= 0.3 is 0 Å². The highest BCUT2D eigenvalue weighted by Gasteiger charge is 2.23. The van der Waals surface area contributed by atoms with E-state index in [0.29, 0.717) is 0 Å². The van der Waals surface area contributed by atoms with E-state index in [2.05, 4.69) is 69.6 Å². The second-order valence-electron chi connectivity index (χ2n) is 6.36. The standard InChI is InChI=1S/C18H26N2S/c1-6-13-10-8-9-11-14(13)16(19-7-2)17-20-15(12-21-17)18(3,4)5/h8-12,16,19H,6-7H2,1-5H3. The maximum Gasteiger partial charge on any atom is 0.114 e. The zero-order valence-electron chi connectivity index (χ0n) is 13.7. The molecule has 1 aromatic carbocycles. The first-order valence-electron chi connectivity index (χ1n) is 7.74. The molecule has 1 atom stereocenters. The van der Waals surface area contributed by atoms with E-state index in [9.17, 15) is 0 Å². The van der Waals surface area contributed by atoms with E-state index < -0.39 is 0 Å². The van der Waals surface area contributed by atoms with Gasteiger partial charge in [0.1, 0.15) is 5.01 Å². The number of aromatic nitrogens is 1. The normalized spacial score (nSPS) is 13.4. The first-order valence-corrected chi connectivity index (χ1v) is 8.62. The Morgan fingerprint density at radius 2 is 1.90 bits per heavy atom. The summed E-state index contributed by atoms with van der Waals surface area (Å²) < 4.78 is 0. The monoisotopic (exact) mass is 302 g/mol. The number of benzene rings is 1. The molecule has 0 saturated heterocycles. The molecule has 0 saturated carbocycles. The summed E-state index contributed by atoms with van der Waals surface area (Å²) in [6.45, 7) is 12.0. The van der Waals surface area contributed by atoms with Crippen molar-refractivity contribution >= 4 is 11.3 Å². The molecule has 0 fully saturated rings. The molecule has 0 aliphatic heterocycles. The van der Waals surface area contributed by atoms with Crippen LogP contribution in [0.5, 0.6) is 0 Å². The highest BCUT2D eigenvalue weighted by Crippen LogP contribution is 2.31. The van der Waals surface area contributed by atoms with Crippen LogP contribution in [-0.4, -0.2) is 11.5 Å². The number of aryl methyl sites for hydroxylation is 1. The van der Waals surface area contributed by atoms with Gasteiger partial charge in [-0.15, -0.1) is 11.3 Å². The minimum absolute atomic E-state index is 0.107. The third-order valence-electron chi connectivity index (χ3n) is 3.69. The van der Waals surface area contributed by atoms with Gasteiger partial charge in [-0.25, -0.2) is 4.98 Å². The van der Waals surface area contributed by atoms with Crippen molar-refractivity contribution in [2.75, 3.05) is 6.54 Å². The van der Waals surface area contributed by atoms with Crippen LogP contribution in [0, 0.1) is 0 Å². The molecule has 0 spiro atoms. The Morgan fingerprint density at radius 3 is 2.48 bits per heavy atom. The molecule has 1 heterocycles. The van der Waals surface area contributed by atoms with Gasteiger partial charge < -0.3 is 5.32 Å². The van der Waals surface area contributed by atoms with Crippen LogP contribution in [-0.2, 0) is 11.8 Å². The lowest BCUT2D eigenvalue weighted by molar-refractivity contribution is 0.561. The van der Waals surface area contributed by atoms with Gasteiger partial charge in [-0.2, -0.15) is 0 Å². The smallest absolute Gasteiger partial charge is 0.114 e. The van der Waals surface area contributed by atoms with Crippen LogP contribution in [0.3, 0.4) is 0 Å². The zero-order valence-corrected chi connectivity index (χ0v) is 14.6. The summed E-state index contributed by atoms with van der Waals surface area (Å²) in [6.07, 6.45) is 1.05. The summed E-state index contributed by atoms with van der Waals surface area (Å²) in [5.41, 5.74) is 4.04. The lowest BCUT2D eigenvalue weighted by Gasteiger charge is -2.20. The molecule has 2 rings (SSSR count). The fourth-order valence-electron chi connectivity index (χ4n) is 2.44. The molecule has 0 bridgehead atoms. The second-order valence-corrected chi connectivity index (χ2v) is 7.25. The number of rotatable bonds is 5. The SMILES string of the molecule is CCNC(c1nc(C(C)(C)C)cs1)c1ccccc1CC. The van der Waals surface area contributed by atoms with Gasteiger partial charge in [0, 0.05) is 10.8 Å². The number of nitrogens with zero attached hydrogens (tertiary/aromatic N) is 1. The van der Waals surface area contributed by atoms with Crippen molar-refractivity contribution in [3.8, 4) is 0 Å². The Morgan fingerprint density at radius 1 is 1.19 bits per heavy atom. The first kappa shape index (κ1) is 16.2. The first-order chi connectivity index (χ1) is 9.97. The highest BCUT2D eigenvalue weighted by atomic mass is 32.1. The number of hydrogen-bond acceptors (Lipinski definition) is 3. The van der Waals surface area contributed by atoms with Crippen LogP contribution in [0.25, 0.3) is 0 Å². The van der Waals surface area contributed by atoms with E-state index in [1.807, 2.05) is 0 Å². The molecule has 114 valence electrons. The number of nitrogens with one attached hydrogen (secondary N) is 1. The molecule has 3 heteroatoms. The molecule has 1 aromatic heterocycles. The minimum Gasteiger partial charge on any atom is -0.305 e. The second kappa shape index (κ2) is 6.71. The molecule has 2 nitrogen and oxygen atoms in total. The van der Waals surface area contributed by atoms with Gasteiger partial charge in [0.15, 0.2) is 0 Å². The Hall–Kier alpha value is -1.19. The molecule has 2 aromatic rings. The van der Waals surface area contributed by atoms with Gasteiger partial charge in [-0.3, -0.25) is 0 Å². The van der Waals surface area contributed by atoms with Gasteiger partial charge in [0.2, 0.25) is 0 Å². The quantitative estimate of drug-likeness (QED) is 0.866. The largest absolute Gasteiger partial charge is 0.305 e. The third kappa shape index (κ3) is 3.72.